The fraction of sp³-hybridized carbons (Fsp3) is 0. The van der Waals surface area contributed by atoms with Crippen LogP contribution in [0.1, 0.15) is 0 Å². The molecule has 2 heterocycles. The third kappa shape index (κ3) is 2.53. The molecule has 0 N–H and O–H groups in total. The van der Waals surface area contributed by atoms with E-state index in [0.29, 0.717) is 0 Å². The van der Waals surface area contributed by atoms with Crippen LogP contribution < -0.4 is 0 Å². The molecule has 0 radical (unpaired) electrons. The van der Waals surface area contributed by atoms with Crippen molar-refractivity contribution in [3.63, 3.8) is 0 Å². The molecular weight excluding hydrogens is 284 g/mol. The van der Waals surface area contributed by atoms with Crippen LogP contribution in [-0.4, -0.2) is 10.1 Å². The van der Waals surface area contributed by atoms with Crippen LogP contribution in [0.3, 0.4) is 0 Å². The van der Waals surface area contributed by atoms with Crippen molar-refractivity contribution in [2.45, 2.75) is 0 Å². The van der Waals surface area contributed by atoms with Gasteiger partial charge < -0.3 is 4.52 Å². The molecule has 2 aromatic carbocycles. The second-order valence-electron chi connectivity index (χ2n) is 5.20. The molecule has 0 bridgehead atoms. The number of nitrogens with zero attached hydrogens (tertiary/aromatic N) is 2. The number of hydrogen-bond donors (Lipinski definition) is 0. The molecule has 0 fully saturated rings. The van der Waals surface area contributed by atoms with E-state index in [-0.39, 0.29) is 0 Å². The fourth-order valence-corrected chi connectivity index (χ4v) is 2.66. The van der Waals surface area contributed by atoms with Crippen molar-refractivity contribution in [2.24, 2.45) is 0 Å². The molecule has 0 amide bonds. The first-order valence-electron chi connectivity index (χ1n) is 7.44. The highest BCUT2D eigenvalue weighted by atomic mass is 16.5. The van der Waals surface area contributed by atoms with E-state index < -0.39 is 0 Å². The van der Waals surface area contributed by atoms with Crippen LogP contribution in [0.15, 0.2) is 89.7 Å². The van der Waals surface area contributed by atoms with Crippen molar-refractivity contribution in [3.8, 4) is 33.7 Å². The van der Waals surface area contributed by atoms with Gasteiger partial charge in [0.2, 0.25) is 0 Å². The largest absolute Gasteiger partial charge is 0.355 e. The molecule has 0 unspecified atom stereocenters. The van der Waals surface area contributed by atoms with E-state index in [0.717, 1.165) is 33.7 Å². The van der Waals surface area contributed by atoms with E-state index >= 15 is 0 Å². The Morgan fingerprint density at radius 1 is 0.609 bits per heavy atom. The Bertz CT molecular complexity index is 843. The second-order valence-corrected chi connectivity index (χ2v) is 5.20. The van der Waals surface area contributed by atoms with Gasteiger partial charge >= 0.3 is 0 Å². The topological polar surface area (TPSA) is 38.9 Å². The van der Waals surface area contributed by atoms with Crippen LogP contribution in [0.25, 0.3) is 33.7 Å². The van der Waals surface area contributed by atoms with Gasteiger partial charge in [0.1, 0.15) is 5.69 Å². The summed E-state index contributed by atoms with van der Waals surface area (Å²) in [5.41, 5.74) is 4.94. The Labute approximate surface area is 134 Å². The number of hydrogen-bond acceptors (Lipinski definition) is 3. The van der Waals surface area contributed by atoms with Gasteiger partial charge in [0.25, 0.3) is 0 Å². The van der Waals surface area contributed by atoms with Crippen LogP contribution >= 0.6 is 0 Å². The highest BCUT2D eigenvalue weighted by Crippen LogP contribution is 2.39. The van der Waals surface area contributed by atoms with Crippen LogP contribution in [-0.2, 0) is 0 Å². The lowest BCUT2D eigenvalue weighted by atomic mass is 9.97. The first-order valence-corrected chi connectivity index (χ1v) is 7.44. The van der Waals surface area contributed by atoms with E-state index in [4.69, 9.17) is 4.52 Å². The zero-order chi connectivity index (χ0) is 15.5. The summed E-state index contributed by atoms with van der Waals surface area (Å²) in [6.45, 7) is 0. The van der Waals surface area contributed by atoms with Gasteiger partial charge in [-0.2, -0.15) is 0 Å². The van der Waals surface area contributed by atoms with Crippen molar-refractivity contribution in [3.05, 3.63) is 85.2 Å². The minimum Gasteiger partial charge on any atom is -0.355 e. The molecule has 4 rings (SSSR count). The molecule has 110 valence electrons. The summed E-state index contributed by atoms with van der Waals surface area (Å²) in [7, 11) is 0. The molecule has 2 aromatic heterocycles. The Morgan fingerprint density at radius 2 is 1.22 bits per heavy atom. The summed E-state index contributed by atoms with van der Waals surface area (Å²) in [4.78, 5) is 4.08. The van der Waals surface area contributed by atoms with Gasteiger partial charge in [-0.3, -0.25) is 4.98 Å². The zero-order valence-electron chi connectivity index (χ0n) is 12.4. The fourth-order valence-electron chi connectivity index (χ4n) is 2.66. The quantitative estimate of drug-likeness (QED) is 0.530. The monoisotopic (exact) mass is 298 g/mol. The lowest BCUT2D eigenvalue weighted by Gasteiger charge is -2.05. The molecule has 0 saturated heterocycles. The Hall–Kier alpha value is -3.20. The van der Waals surface area contributed by atoms with Crippen LogP contribution in [0, 0.1) is 0 Å². The van der Waals surface area contributed by atoms with E-state index in [1.54, 1.807) is 12.4 Å². The summed E-state index contributed by atoms with van der Waals surface area (Å²) in [6.07, 6.45) is 3.52. The molecule has 0 saturated carbocycles. The first kappa shape index (κ1) is 13.5. The van der Waals surface area contributed by atoms with E-state index in [1.807, 2.05) is 60.7 Å². The first-order chi connectivity index (χ1) is 11.4. The molecular formula is C20H14N2O. The predicted molar refractivity (Wildman–Crippen MR) is 90.6 cm³/mol. The van der Waals surface area contributed by atoms with E-state index in [2.05, 4.69) is 22.3 Å². The van der Waals surface area contributed by atoms with Gasteiger partial charge in [0.15, 0.2) is 5.76 Å². The average Bonchev–Trinajstić information content (AvgIpc) is 3.09. The molecule has 0 aliphatic rings. The highest BCUT2D eigenvalue weighted by molar-refractivity contribution is 5.90. The number of benzene rings is 2. The second kappa shape index (κ2) is 5.89. The summed E-state index contributed by atoms with van der Waals surface area (Å²) >= 11 is 0. The highest BCUT2D eigenvalue weighted by Gasteiger charge is 2.20. The van der Waals surface area contributed by atoms with E-state index in [1.165, 1.54) is 0 Å². The van der Waals surface area contributed by atoms with Gasteiger partial charge in [0.05, 0.1) is 5.56 Å². The predicted octanol–water partition coefficient (Wildman–Crippen LogP) is 5.07. The molecule has 0 aliphatic heterocycles. The van der Waals surface area contributed by atoms with Crippen molar-refractivity contribution in [2.75, 3.05) is 0 Å². The van der Waals surface area contributed by atoms with Gasteiger partial charge in [-0.05, 0) is 17.7 Å². The average molecular weight is 298 g/mol. The number of rotatable bonds is 3. The molecule has 4 aromatic rings. The molecule has 0 atom stereocenters. The third-order valence-electron chi connectivity index (χ3n) is 3.74. The van der Waals surface area contributed by atoms with Gasteiger partial charge in [-0.15, -0.1) is 0 Å². The summed E-state index contributed by atoms with van der Waals surface area (Å²) in [6, 6.07) is 24.1. The number of pyridine rings is 1. The Kier molecular flexibility index (Phi) is 3.45. The van der Waals surface area contributed by atoms with Gasteiger partial charge in [0, 0.05) is 23.5 Å². The van der Waals surface area contributed by atoms with E-state index in [9.17, 15) is 0 Å². The van der Waals surface area contributed by atoms with Crippen molar-refractivity contribution in [1.29, 1.82) is 0 Å². The molecule has 0 aliphatic carbocycles. The van der Waals surface area contributed by atoms with Gasteiger partial charge in [-0.25, -0.2) is 0 Å². The van der Waals surface area contributed by atoms with Crippen LogP contribution in [0.2, 0.25) is 0 Å². The lowest BCUT2D eigenvalue weighted by Crippen LogP contribution is -1.85. The van der Waals surface area contributed by atoms with Gasteiger partial charge in [-0.1, -0.05) is 65.8 Å². The van der Waals surface area contributed by atoms with Crippen LogP contribution in [0.5, 0.6) is 0 Å². The zero-order valence-corrected chi connectivity index (χ0v) is 12.4. The summed E-state index contributed by atoms with van der Waals surface area (Å²) in [5, 5.41) is 4.34. The Morgan fingerprint density at radius 3 is 1.87 bits per heavy atom. The van der Waals surface area contributed by atoms with Crippen LogP contribution in [0.4, 0.5) is 0 Å². The summed E-state index contributed by atoms with van der Waals surface area (Å²) < 4.78 is 5.71. The minimum absolute atomic E-state index is 0.762. The SMILES string of the molecule is c1ccc(-c2noc(-c3ccncc3)c2-c2ccccc2)cc1. The lowest BCUT2D eigenvalue weighted by molar-refractivity contribution is 0.435. The minimum atomic E-state index is 0.762. The maximum Gasteiger partial charge on any atom is 0.175 e. The molecule has 3 heteroatoms. The summed E-state index contributed by atoms with van der Waals surface area (Å²) in [5.74, 6) is 0.762. The van der Waals surface area contributed by atoms with Crippen molar-refractivity contribution >= 4 is 0 Å². The van der Waals surface area contributed by atoms with Crippen molar-refractivity contribution in [1.82, 2.24) is 10.1 Å². The normalized spacial score (nSPS) is 10.6. The Balaban J connectivity index is 1.97. The smallest absolute Gasteiger partial charge is 0.175 e. The third-order valence-corrected chi connectivity index (χ3v) is 3.74. The molecule has 0 spiro atoms. The molecule has 23 heavy (non-hydrogen) atoms. The molecule has 3 nitrogen and oxygen atoms in total. The maximum atomic E-state index is 5.71. The standard InChI is InChI=1S/C20H14N2O/c1-3-7-15(8-4-1)18-19(16-9-5-2-6-10-16)22-23-20(18)17-11-13-21-14-12-17/h1-14H. The maximum absolute atomic E-state index is 5.71. The van der Waals surface area contributed by atoms with Crippen molar-refractivity contribution < 1.29 is 4.52 Å². The number of aromatic nitrogens is 2.